The van der Waals surface area contributed by atoms with Crippen LogP contribution in [0.4, 0.5) is 11.8 Å². The summed E-state index contributed by atoms with van der Waals surface area (Å²) in [4.78, 5) is 42.0. The Morgan fingerprint density at radius 3 is 2.71 bits per heavy atom. The van der Waals surface area contributed by atoms with E-state index in [9.17, 15) is 9.59 Å². The third-order valence-electron chi connectivity index (χ3n) is 5.96. The molecule has 4 aromatic rings. The van der Waals surface area contributed by atoms with E-state index in [4.69, 9.17) is 10.7 Å². The van der Waals surface area contributed by atoms with Crippen LogP contribution in [0.25, 0.3) is 16.8 Å². The van der Waals surface area contributed by atoms with Gasteiger partial charge in [-0.05, 0) is 36.8 Å². The van der Waals surface area contributed by atoms with E-state index in [1.54, 1.807) is 47.8 Å². The standard InChI is InChI=1S/C25H23N7O2/c1-3-20(33)30-12-13-31(15-30)25-29-21(22-24(26)28-10-11-32(22)25)17-7-8-18(16(2)14-17)23(34)19-6-4-5-9-27-19/h3-11,14H,1,12-13,15H2,2H3,(H2,26,28). The van der Waals surface area contributed by atoms with Gasteiger partial charge in [0.1, 0.15) is 22.7 Å². The molecular weight excluding hydrogens is 430 g/mol. The summed E-state index contributed by atoms with van der Waals surface area (Å²) in [6, 6.07) is 10.8. The van der Waals surface area contributed by atoms with Crippen LogP contribution in [0.5, 0.6) is 0 Å². The highest BCUT2D eigenvalue weighted by Gasteiger charge is 2.28. The number of benzene rings is 1. The van der Waals surface area contributed by atoms with Crippen LogP contribution in [0.1, 0.15) is 21.6 Å². The number of anilines is 2. The predicted molar refractivity (Wildman–Crippen MR) is 129 cm³/mol. The summed E-state index contributed by atoms with van der Waals surface area (Å²) in [5.74, 6) is 0.768. The summed E-state index contributed by atoms with van der Waals surface area (Å²) in [5.41, 5.74) is 10.2. The largest absolute Gasteiger partial charge is 0.382 e. The maximum Gasteiger partial charge on any atom is 0.247 e. The van der Waals surface area contributed by atoms with Crippen molar-refractivity contribution < 1.29 is 9.59 Å². The monoisotopic (exact) mass is 453 g/mol. The van der Waals surface area contributed by atoms with Crippen molar-refractivity contribution in [1.82, 2.24) is 24.3 Å². The van der Waals surface area contributed by atoms with Gasteiger partial charge >= 0.3 is 0 Å². The quantitative estimate of drug-likeness (QED) is 0.365. The number of fused-ring (bicyclic) bond motifs is 1. The highest BCUT2D eigenvalue weighted by Crippen LogP contribution is 2.33. The van der Waals surface area contributed by atoms with Crippen LogP contribution in [0, 0.1) is 6.92 Å². The number of nitrogen functional groups attached to an aromatic ring is 1. The Bertz CT molecular complexity index is 1430. The van der Waals surface area contributed by atoms with Gasteiger partial charge in [-0.1, -0.05) is 24.8 Å². The van der Waals surface area contributed by atoms with Crippen LogP contribution in [0.2, 0.25) is 0 Å². The zero-order valence-corrected chi connectivity index (χ0v) is 18.7. The number of hydrogen-bond donors (Lipinski definition) is 1. The number of carbonyl (C=O) groups excluding carboxylic acids is 2. The molecule has 1 aliphatic heterocycles. The topological polar surface area (TPSA) is 110 Å². The number of nitrogens with zero attached hydrogens (tertiary/aromatic N) is 6. The number of aromatic nitrogens is 4. The van der Waals surface area contributed by atoms with Crippen LogP contribution >= 0.6 is 0 Å². The number of ketones is 1. The zero-order valence-electron chi connectivity index (χ0n) is 18.7. The van der Waals surface area contributed by atoms with Gasteiger partial charge in [-0.15, -0.1) is 0 Å². The molecule has 0 saturated carbocycles. The third kappa shape index (κ3) is 3.57. The second-order valence-electron chi connectivity index (χ2n) is 8.08. The van der Waals surface area contributed by atoms with Crippen LogP contribution in [0.3, 0.4) is 0 Å². The van der Waals surface area contributed by atoms with Crippen molar-refractivity contribution in [3.63, 3.8) is 0 Å². The average molecular weight is 454 g/mol. The second-order valence-corrected chi connectivity index (χ2v) is 8.08. The first-order valence-electron chi connectivity index (χ1n) is 10.8. The van der Waals surface area contributed by atoms with E-state index in [0.29, 0.717) is 54.0 Å². The Morgan fingerprint density at radius 1 is 1.12 bits per heavy atom. The van der Waals surface area contributed by atoms with Crippen molar-refractivity contribution in [2.45, 2.75) is 6.92 Å². The maximum atomic E-state index is 12.9. The van der Waals surface area contributed by atoms with Gasteiger partial charge in [0.15, 0.2) is 0 Å². The number of hydrogen-bond acceptors (Lipinski definition) is 7. The molecule has 9 nitrogen and oxygen atoms in total. The summed E-state index contributed by atoms with van der Waals surface area (Å²) < 4.78 is 1.89. The number of rotatable bonds is 5. The number of pyridine rings is 1. The molecule has 4 heterocycles. The Labute approximate surface area is 196 Å². The molecule has 1 fully saturated rings. The minimum Gasteiger partial charge on any atom is -0.382 e. The van der Waals surface area contributed by atoms with E-state index < -0.39 is 0 Å². The smallest absolute Gasteiger partial charge is 0.247 e. The first-order valence-corrected chi connectivity index (χ1v) is 10.8. The molecule has 1 aliphatic rings. The minimum atomic E-state index is -0.134. The lowest BCUT2D eigenvalue weighted by Crippen LogP contribution is -2.30. The Hall–Kier alpha value is -4.53. The highest BCUT2D eigenvalue weighted by molar-refractivity contribution is 6.09. The van der Waals surface area contributed by atoms with Gasteiger partial charge < -0.3 is 15.5 Å². The fraction of sp³-hybridized carbons (Fsp3) is 0.160. The molecule has 0 radical (unpaired) electrons. The number of carbonyl (C=O) groups is 2. The van der Waals surface area contributed by atoms with Gasteiger partial charge in [0.05, 0.1) is 6.67 Å². The van der Waals surface area contributed by atoms with Crippen molar-refractivity contribution in [1.29, 1.82) is 0 Å². The van der Waals surface area contributed by atoms with Crippen LogP contribution in [-0.4, -0.2) is 55.7 Å². The first-order chi connectivity index (χ1) is 16.5. The third-order valence-corrected chi connectivity index (χ3v) is 5.96. The molecule has 9 heteroatoms. The lowest BCUT2D eigenvalue weighted by atomic mass is 9.98. The summed E-state index contributed by atoms with van der Waals surface area (Å²) >= 11 is 0. The Kier molecular flexibility index (Phi) is 5.29. The Balaban J connectivity index is 1.56. The van der Waals surface area contributed by atoms with Crippen LogP contribution < -0.4 is 10.6 Å². The lowest BCUT2D eigenvalue weighted by Gasteiger charge is -2.17. The SMILES string of the molecule is C=CC(=O)N1CCN(c2nc(-c3ccc(C(=O)c4ccccn4)c(C)c3)c3c(N)nccn23)C1. The van der Waals surface area contributed by atoms with E-state index >= 15 is 0 Å². The molecular formula is C25H23N7O2. The molecule has 5 rings (SSSR count). The van der Waals surface area contributed by atoms with Gasteiger partial charge in [0.2, 0.25) is 17.6 Å². The lowest BCUT2D eigenvalue weighted by molar-refractivity contribution is -0.124. The summed E-state index contributed by atoms with van der Waals surface area (Å²) in [6.45, 7) is 7.08. The summed E-state index contributed by atoms with van der Waals surface area (Å²) in [6.07, 6.45) is 6.35. The van der Waals surface area contributed by atoms with Crippen molar-refractivity contribution >= 4 is 29.0 Å². The number of amides is 1. The first kappa shape index (κ1) is 21.3. The maximum absolute atomic E-state index is 12.9. The van der Waals surface area contributed by atoms with E-state index in [-0.39, 0.29) is 11.7 Å². The molecule has 1 saturated heterocycles. The normalized spacial score (nSPS) is 13.4. The average Bonchev–Trinajstić information content (AvgIpc) is 3.49. The molecule has 0 atom stereocenters. The summed E-state index contributed by atoms with van der Waals surface area (Å²) in [5, 5.41) is 0. The highest BCUT2D eigenvalue weighted by atomic mass is 16.2. The van der Waals surface area contributed by atoms with E-state index in [0.717, 1.165) is 11.1 Å². The van der Waals surface area contributed by atoms with Crippen molar-refractivity contribution in [3.8, 4) is 11.3 Å². The molecule has 3 aromatic heterocycles. The second kappa shape index (κ2) is 8.43. The van der Waals surface area contributed by atoms with Crippen molar-refractivity contribution in [2.75, 3.05) is 30.4 Å². The molecule has 170 valence electrons. The number of imidazole rings is 1. The molecule has 0 unspecified atom stereocenters. The van der Waals surface area contributed by atoms with E-state index in [2.05, 4.69) is 16.5 Å². The molecule has 0 bridgehead atoms. The van der Waals surface area contributed by atoms with Gasteiger partial charge in [0.25, 0.3) is 0 Å². The van der Waals surface area contributed by atoms with Gasteiger partial charge in [-0.3, -0.25) is 19.0 Å². The van der Waals surface area contributed by atoms with Gasteiger partial charge in [0, 0.05) is 42.8 Å². The fourth-order valence-corrected chi connectivity index (χ4v) is 4.23. The molecule has 0 aliphatic carbocycles. The Morgan fingerprint density at radius 2 is 1.97 bits per heavy atom. The van der Waals surface area contributed by atoms with Gasteiger partial charge in [-0.25, -0.2) is 9.97 Å². The van der Waals surface area contributed by atoms with Crippen molar-refractivity contribution in [2.24, 2.45) is 0 Å². The zero-order chi connectivity index (χ0) is 23.8. The number of nitrogens with two attached hydrogens (primary N) is 1. The minimum absolute atomic E-state index is 0.117. The molecule has 2 N–H and O–H groups in total. The predicted octanol–water partition coefficient (Wildman–Crippen LogP) is 2.71. The van der Waals surface area contributed by atoms with E-state index in [1.165, 1.54) is 6.08 Å². The number of aryl methyl sites for hydroxylation is 1. The molecule has 1 aromatic carbocycles. The summed E-state index contributed by atoms with van der Waals surface area (Å²) in [7, 11) is 0. The molecule has 0 spiro atoms. The molecule has 34 heavy (non-hydrogen) atoms. The molecule has 1 amide bonds. The van der Waals surface area contributed by atoms with Crippen LogP contribution in [0.15, 0.2) is 67.6 Å². The van der Waals surface area contributed by atoms with Crippen LogP contribution in [-0.2, 0) is 4.79 Å². The van der Waals surface area contributed by atoms with Crippen molar-refractivity contribution in [3.05, 3.63) is 84.5 Å². The van der Waals surface area contributed by atoms with Gasteiger partial charge in [-0.2, -0.15) is 0 Å². The van der Waals surface area contributed by atoms with E-state index in [1.807, 2.05) is 28.4 Å². The fourth-order valence-electron chi connectivity index (χ4n) is 4.23.